The molecule has 0 radical (unpaired) electrons. The van der Waals surface area contributed by atoms with Crippen LogP contribution in [0.25, 0.3) is 0 Å². The van der Waals surface area contributed by atoms with E-state index in [1.807, 2.05) is 32.8 Å². The maximum atomic E-state index is 6.15. The molecule has 1 aromatic heterocycles. The van der Waals surface area contributed by atoms with Gasteiger partial charge < -0.3 is 10.6 Å². The van der Waals surface area contributed by atoms with Crippen LogP contribution in [-0.4, -0.2) is 19.1 Å². The molecule has 0 saturated carbocycles. The van der Waals surface area contributed by atoms with E-state index in [2.05, 4.69) is 11.9 Å². The second-order valence-corrected chi connectivity index (χ2v) is 5.62. The minimum absolute atomic E-state index is 0.281. The Morgan fingerprint density at radius 1 is 1.40 bits per heavy atom. The van der Waals surface area contributed by atoms with Crippen molar-refractivity contribution in [2.45, 2.75) is 39.2 Å². The molecule has 1 rings (SSSR count). The van der Waals surface area contributed by atoms with Crippen molar-refractivity contribution >= 4 is 16.5 Å². The lowest BCUT2D eigenvalue weighted by molar-refractivity contribution is 0.557. The molecule has 1 heterocycles. The molecular weight excluding hydrogens is 206 g/mol. The number of hydrogen-bond acceptors (Lipinski definition) is 4. The summed E-state index contributed by atoms with van der Waals surface area (Å²) in [5.74, 6) is 0. The standard InChI is InChI=1S/C11H21N3S/c1-6-7-8-9(11(2,3)12)15-10(13-8)14(4)5/h6-7,12H2,1-5H3. The van der Waals surface area contributed by atoms with Gasteiger partial charge in [0.1, 0.15) is 0 Å². The number of anilines is 1. The first-order chi connectivity index (χ1) is 6.86. The fourth-order valence-electron chi connectivity index (χ4n) is 1.44. The summed E-state index contributed by atoms with van der Waals surface area (Å²) in [6.07, 6.45) is 2.12. The van der Waals surface area contributed by atoms with Crippen LogP contribution in [0.1, 0.15) is 37.8 Å². The zero-order valence-corrected chi connectivity index (χ0v) is 11.1. The molecule has 0 bridgehead atoms. The smallest absolute Gasteiger partial charge is 0.185 e. The highest BCUT2D eigenvalue weighted by Crippen LogP contribution is 2.32. The summed E-state index contributed by atoms with van der Waals surface area (Å²) in [5.41, 5.74) is 7.04. The lowest BCUT2D eigenvalue weighted by Gasteiger charge is -2.17. The van der Waals surface area contributed by atoms with Gasteiger partial charge in [0.2, 0.25) is 0 Å². The van der Waals surface area contributed by atoms with E-state index in [0.717, 1.165) is 18.0 Å². The molecule has 0 amide bonds. The Hall–Kier alpha value is -0.610. The molecule has 0 aromatic carbocycles. The number of aromatic nitrogens is 1. The molecule has 0 aliphatic heterocycles. The van der Waals surface area contributed by atoms with E-state index in [1.54, 1.807) is 11.3 Å². The molecule has 0 saturated heterocycles. The van der Waals surface area contributed by atoms with E-state index >= 15 is 0 Å². The van der Waals surface area contributed by atoms with Crippen LogP contribution < -0.4 is 10.6 Å². The second-order valence-electron chi connectivity index (χ2n) is 4.64. The van der Waals surface area contributed by atoms with E-state index in [-0.39, 0.29) is 5.54 Å². The SMILES string of the molecule is CCCc1nc(N(C)C)sc1C(C)(C)N. The summed E-state index contributed by atoms with van der Waals surface area (Å²) >= 11 is 1.70. The van der Waals surface area contributed by atoms with Crippen LogP contribution in [0.3, 0.4) is 0 Å². The van der Waals surface area contributed by atoms with E-state index < -0.39 is 0 Å². The quantitative estimate of drug-likeness (QED) is 0.858. The van der Waals surface area contributed by atoms with Crippen molar-refractivity contribution in [2.75, 3.05) is 19.0 Å². The minimum atomic E-state index is -0.281. The Labute approximate surface area is 96.3 Å². The van der Waals surface area contributed by atoms with Gasteiger partial charge in [-0.05, 0) is 20.3 Å². The van der Waals surface area contributed by atoms with Gasteiger partial charge in [0.05, 0.1) is 5.69 Å². The van der Waals surface area contributed by atoms with E-state index in [4.69, 9.17) is 5.73 Å². The predicted octanol–water partition coefficient (Wildman–Crippen LogP) is 2.36. The Bertz CT molecular complexity index is 323. The molecule has 0 fully saturated rings. The zero-order valence-electron chi connectivity index (χ0n) is 10.3. The average molecular weight is 227 g/mol. The third-order valence-electron chi connectivity index (χ3n) is 2.14. The van der Waals surface area contributed by atoms with Gasteiger partial charge in [-0.25, -0.2) is 4.98 Å². The highest BCUT2D eigenvalue weighted by Gasteiger charge is 2.23. The first kappa shape index (κ1) is 12.5. The van der Waals surface area contributed by atoms with Crippen molar-refractivity contribution in [3.63, 3.8) is 0 Å². The van der Waals surface area contributed by atoms with Gasteiger partial charge in [0.15, 0.2) is 5.13 Å². The lowest BCUT2D eigenvalue weighted by Crippen LogP contribution is -2.28. The minimum Gasteiger partial charge on any atom is -0.354 e. The highest BCUT2D eigenvalue weighted by atomic mass is 32.1. The van der Waals surface area contributed by atoms with Crippen molar-refractivity contribution in [2.24, 2.45) is 5.73 Å². The molecule has 4 heteroatoms. The predicted molar refractivity (Wildman–Crippen MR) is 67.6 cm³/mol. The Balaban J connectivity index is 3.12. The largest absolute Gasteiger partial charge is 0.354 e. The number of thiazole rings is 1. The topological polar surface area (TPSA) is 42.2 Å². The average Bonchev–Trinajstić information content (AvgIpc) is 2.48. The molecule has 0 aliphatic carbocycles. The third kappa shape index (κ3) is 2.92. The summed E-state index contributed by atoms with van der Waals surface area (Å²) in [6, 6.07) is 0. The Kier molecular flexibility index (Phi) is 3.73. The zero-order chi connectivity index (χ0) is 11.6. The van der Waals surface area contributed by atoms with Gasteiger partial charge in [-0.1, -0.05) is 24.7 Å². The molecule has 0 unspecified atom stereocenters. The van der Waals surface area contributed by atoms with Crippen LogP contribution in [0.2, 0.25) is 0 Å². The highest BCUT2D eigenvalue weighted by molar-refractivity contribution is 7.15. The summed E-state index contributed by atoms with van der Waals surface area (Å²) in [6.45, 7) is 6.25. The van der Waals surface area contributed by atoms with Gasteiger partial charge >= 0.3 is 0 Å². The van der Waals surface area contributed by atoms with Crippen LogP contribution in [-0.2, 0) is 12.0 Å². The molecule has 0 spiro atoms. The second kappa shape index (κ2) is 4.49. The molecule has 0 aliphatic rings. The van der Waals surface area contributed by atoms with Crippen LogP contribution in [0.4, 0.5) is 5.13 Å². The monoisotopic (exact) mass is 227 g/mol. The van der Waals surface area contributed by atoms with Gasteiger partial charge in [0.25, 0.3) is 0 Å². The lowest BCUT2D eigenvalue weighted by atomic mass is 10.0. The molecule has 86 valence electrons. The molecular formula is C11H21N3S. The Morgan fingerprint density at radius 3 is 2.40 bits per heavy atom. The van der Waals surface area contributed by atoms with Crippen molar-refractivity contribution in [3.05, 3.63) is 10.6 Å². The summed E-state index contributed by atoms with van der Waals surface area (Å²) in [7, 11) is 4.03. The number of rotatable bonds is 4. The van der Waals surface area contributed by atoms with Crippen molar-refractivity contribution in [1.82, 2.24) is 4.98 Å². The first-order valence-electron chi connectivity index (χ1n) is 5.32. The maximum absolute atomic E-state index is 6.15. The van der Waals surface area contributed by atoms with E-state index in [0.29, 0.717) is 0 Å². The fraction of sp³-hybridized carbons (Fsp3) is 0.727. The summed E-state index contributed by atoms with van der Waals surface area (Å²) < 4.78 is 0. The van der Waals surface area contributed by atoms with Crippen LogP contribution >= 0.6 is 11.3 Å². The first-order valence-corrected chi connectivity index (χ1v) is 6.14. The molecule has 0 atom stereocenters. The fourth-order valence-corrected chi connectivity index (χ4v) is 2.49. The van der Waals surface area contributed by atoms with Crippen molar-refractivity contribution in [3.8, 4) is 0 Å². The number of nitrogens with two attached hydrogens (primary N) is 1. The molecule has 2 N–H and O–H groups in total. The van der Waals surface area contributed by atoms with Crippen molar-refractivity contribution < 1.29 is 0 Å². The molecule has 1 aromatic rings. The summed E-state index contributed by atoms with van der Waals surface area (Å²) in [5, 5.41) is 1.05. The normalized spacial score (nSPS) is 11.9. The number of nitrogens with zero attached hydrogens (tertiary/aromatic N) is 2. The van der Waals surface area contributed by atoms with Gasteiger partial charge in [0, 0.05) is 24.5 Å². The Morgan fingerprint density at radius 2 is 2.00 bits per heavy atom. The summed E-state index contributed by atoms with van der Waals surface area (Å²) in [4.78, 5) is 7.89. The number of aryl methyl sites for hydroxylation is 1. The van der Waals surface area contributed by atoms with Crippen LogP contribution in [0.5, 0.6) is 0 Å². The third-order valence-corrected chi connectivity index (χ3v) is 3.75. The van der Waals surface area contributed by atoms with Crippen LogP contribution in [0, 0.1) is 0 Å². The van der Waals surface area contributed by atoms with Gasteiger partial charge in [-0.15, -0.1) is 0 Å². The van der Waals surface area contributed by atoms with Gasteiger partial charge in [-0.2, -0.15) is 0 Å². The maximum Gasteiger partial charge on any atom is 0.185 e. The van der Waals surface area contributed by atoms with E-state index in [1.165, 1.54) is 10.6 Å². The van der Waals surface area contributed by atoms with E-state index in [9.17, 15) is 0 Å². The molecule has 3 nitrogen and oxygen atoms in total. The number of hydrogen-bond donors (Lipinski definition) is 1. The van der Waals surface area contributed by atoms with Gasteiger partial charge in [-0.3, -0.25) is 0 Å². The van der Waals surface area contributed by atoms with Crippen molar-refractivity contribution in [1.29, 1.82) is 0 Å². The molecule has 15 heavy (non-hydrogen) atoms. The van der Waals surface area contributed by atoms with Crippen LogP contribution in [0.15, 0.2) is 0 Å².